The summed E-state index contributed by atoms with van der Waals surface area (Å²) in [4.78, 5) is 26.4. The van der Waals surface area contributed by atoms with Gasteiger partial charge < -0.3 is 5.32 Å². The van der Waals surface area contributed by atoms with Crippen molar-refractivity contribution in [1.29, 1.82) is 0 Å². The first-order chi connectivity index (χ1) is 9.90. The van der Waals surface area contributed by atoms with Crippen LogP contribution in [-0.4, -0.2) is 15.8 Å². The Bertz CT molecular complexity index is 735. The third-order valence-electron chi connectivity index (χ3n) is 2.69. The van der Waals surface area contributed by atoms with Crippen LogP contribution in [0.4, 0.5) is 11.4 Å². The molecule has 6 nitrogen and oxygen atoms in total. The Balaban J connectivity index is 2.35. The molecule has 0 aliphatic rings. The normalized spacial score (nSPS) is 10.2. The van der Waals surface area contributed by atoms with Crippen molar-refractivity contribution >= 4 is 40.5 Å². The number of anilines is 1. The number of aromatic nitrogens is 1. The predicted octanol–water partition coefficient (Wildman–Crippen LogP) is 3.86. The van der Waals surface area contributed by atoms with Crippen molar-refractivity contribution < 1.29 is 9.72 Å². The van der Waals surface area contributed by atoms with E-state index in [1.807, 2.05) is 0 Å². The van der Waals surface area contributed by atoms with Gasteiger partial charge in [-0.1, -0.05) is 29.3 Å². The zero-order valence-corrected chi connectivity index (χ0v) is 12.3. The minimum Gasteiger partial charge on any atom is -0.320 e. The van der Waals surface area contributed by atoms with E-state index in [1.54, 1.807) is 13.0 Å². The van der Waals surface area contributed by atoms with Crippen LogP contribution in [0.15, 0.2) is 30.5 Å². The number of carbonyl (C=O) groups is 1. The minimum atomic E-state index is -0.692. The third-order valence-corrected chi connectivity index (χ3v) is 3.39. The number of aryl methyl sites for hydroxylation is 1. The lowest BCUT2D eigenvalue weighted by atomic mass is 10.1. The molecule has 21 heavy (non-hydrogen) atoms. The number of halogens is 2. The highest BCUT2D eigenvalue weighted by molar-refractivity contribution is 6.33. The van der Waals surface area contributed by atoms with Gasteiger partial charge >= 0.3 is 5.69 Å². The van der Waals surface area contributed by atoms with Gasteiger partial charge in [-0.25, -0.2) is 4.98 Å². The Kier molecular flexibility index (Phi) is 4.40. The number of nitrogens with one attached hydrogen (secondary N) is 1. The Labute approximate surface area is 129 Å². The fourth-order valence-corrected chi connectivity index (χ4v) is 2.06. The van der Waals surface area contributed by atoms with Crippen molar-refractivity contribution in [3.8, 4) is 0 Å². The van der Waals surface area contributed by atoms with Crippen LogP contribution in [0.2, 0.25) is 10.2 Å². The molecule has 1 aromatic heterocycles. The zero-order valence-electron chi connectivity index (χ0n) is 10.8. The van der Waals surface area contributed by atoms with E-state index < -0.39 is 16.5 Å². The number of hydrogen-bond donors (Lipinski definition) is 1. The number of carbonyl (C=O) groups excluding carboxylic acids is 1. The summed E-state index contributed by atoms with van der Waals surface area (Å²) in [6.07, 6.45) is 1.36. The van der Waals surface area contributed by atoms with Crippen molar-refractivity contribution in [3.63, 3.8) is 0 Å². The maximum Gasteiger partial charge on any atom is 0.300 e. The molecule has 2 rings (SSSR count). The number of nitrogens with zero attached hydrogens (tertiary/aromatic N) is 2. The van der Waals surface area contributed by atoms with Crippen LogP contribution in [0.1, 0.15) is 15.9 Å². The summed E-state index contributed by atoms with van der Waals surface area (Å²) in [5.74, 6) is -0.646. The SMILES string of the molecule is Cc1cc(NC(=O)c2cccc(Cl)c2[N+](=O)[O-])cnc1Cl. The van der Waals surface area contributed by atoms with Gasteiger partial charge in [-0.05, 0) is 30.7 Å². The number of nitro benzene ring substituents is 1. The second-order valence-corrected chi connectivity index (χ2v) is 4.94. The molecule has 0 saturated heterocycles. The Morgan fingerprint density at radius 1 is 1.38 bits per heavy atom. The van der Waals surface area contributed by atoms with Crippen LogP contribution >= 0.6 is 23.2 Å². The molecule has 2 aromatic rings. The first kappa shape index (κ1) is 15.2. The fraction of sp³-hybridized carbons (Fsp3) is 0.0769. The van der Waals surface area contributed by atoms with Gasteiger partial charge in [-0.3, -0.25) is 14.9 Å². The van der Waals surface area contributed by atoms with Crippen LogP contribution in [0.5, 0.6) is 0 Å². The Morgan fingerprint density at radius 3 is 2.71 bits per heavy atom. The number of hydrogen-bond acceptors (Lipinski definition) is 4. The quantitative estimate of drug-likeness (QED) is 0.527. The molecule has 1 aromatic carbocycles. The molecule has 108 valence electrons. The van der Waals surface area contributed by atoms with Gasteiger partial charge in [-0.2, -0.15) is 0 Å². The van der Waals surface area contributed by atoms with E-state index in [-0.39, 0.29) is 10.6 Å². The van der Waals surface area contributed by atoms with Crippen LogP contribution < -0.4 is 5.32 Å². The smallest absolute Gasteiger partial charge is 0.300 e. The molecule has 0 saturated carbocycles. The van der Waals surface area contributed by atoms with E-state index in [1.165, 1.54) is 24.4 Å². The van der Waals surface area contributed by atoms with Gasteiger partial charge in [0.15, 0.2) is 0 Å². The van der Waals surface area contributed by atoms with Gasteiger partial charge in [0.1, 0.15) is 15.7 Å². The van der Waals surface area contributed by atoms with Crippen molar-refractivity contribution in [1.82, 2.24) is 4.98 Å². The lowest BCUT2D eigenvalue weighted by Gasteiger charge is -2.07. The topological polar surface area (TPSA) is 85.1 Å². The van der Waals surface area contributed by atoms with E-state index in [4.69, 9.17) is 23.2 Å². The zero-order chi connectivity index (χ0) is 15.6. The van der Waals surface area contributed by atoms with Crippen molar-refractivity contribution in [2.45, 2.75) is 6.92 Å². The number of benzene rings is 1. The van der Waals surface area contributed by atoms with Gasteiger partial charge in [0.05, 0.1) is 16.8 Å². The highest BCUT2D eigenvalue weighted by Gasteiger charge is 2.23. The van der Waals surface area contributed by atoms with E-state index >= 15 is 0 Å². The highest BCUT2D eigenvalue weighted by atomic mass is 35.5. The molecule has 8 heteroatoms. The second kappa shape index (κ2) is 6.07. The highest BCUT2D eigenvalue weighted by Crippen LogP contribution is 2.29. The number of pyridine rings is 1. The standard InChI is InChI=1S/C13H9Cl2N3O3/c1-7-5-8(6-16-12(7)15)17-13(19)9-3-2-4-10(14)11(9)18(20)21/h2-6H,1H3,(H,17,19). The van der Waals surface area contributed by atoms with Crippen molar-refractivity contribution in [2.75, 3.05) is 5.32 Å². The summed E-state index contributed by atoms with van der Waals surface area (Å²) in [6, 6.07) is 5.76. The summed E-state index contributed by atoms with van der Waals surface area (Å²) in [6.45, 7) is 1.73. The summed E-state index contributed by atoms with van der Waals surface area (Å²) < 4.78 is 0. The van der Waals surface area contributed by atoms with E-state index in [2.05, 4.69) is 10.3 Å². The molecule has 0 unspecified atom stereocenters. The van der Waals surface area contributed by atoms with Gasteiger partial charge in [0.25, 0.3) is 5.91 Å². The molecule has 0 bridgehead atoms. The van der Waals surface area contributed by atoms with Gasteiger partial charge in [0, 0.05) is 0 Å². The predicted molar refractivity (Wildman–Crippen MR) is 80.0 cm³/mol. The number of nitro groups is 1. The minimum absolute atomic E-state index is 0.0990. The van der Waals surface area contributed by atoms with Crippen LogP contribution in [0.25, 0.3) is 0 Å². The molecule has 1 heterocycles. The largest absolute Gasteiger partial charge is 0.320 e. The molecular formula is C13H9Cl2N3O3. The van der Waals surface area contributed by atoms with E-state index in [0.29, 0.717) is 16.4 Å². The van der Waals surface area contributed by atoms with E-state index in [0.717, 1.165) is 0 Å². The maximum atomic E-state index is 12.2. The van der Waals surface area contributed by atoms with Crippen LogP contribution in [0.3, 0.4) is 0 Å². The first-order valence-corrected chi connectivity index (χ1v) is 6.52. The number of amides is 1. The molecular weight excluding hydrogens is 317 g/mol. The average Bonchev–Trinajstić information content (AvgIpc) is 2.42. The number of para-hydroxylation sites is 1. The molecule has 0 spiro atoms. The monoisotopic (exact) mass is 325 g/mol. The van der Waals surface area contributed by atoms with Gasteiger partial charge in [-0.15, -0.1) is 0 Å². The maximum absolute atomic E-state index is 12.2. The van der Waals surface area contributed by atoms with E-state index in [9.17, 15) is 14.9 Å². The molecule has 1 amide bonds. The summed E-state index contributed by atoms with van der Waals surface area (Å²) >= 11 is 11.6. The molecule has 0 aliphatic heterocycles. The molecule has 0 atom stereocenters. The first-order valence-electron chi connectivity index (χ1n) is 5.76. The number of rotatable bonds is 3. The van der Waals surface area contributed by atoms with Crippen LogP contribution in [-0.2, 0) is 0 Å². The average molecular weight is 326 g/mol. The lowest BCUT2D eigenvalue weighted by molar-refractivity contribution is -0.385. The van der Waals surface area contributed by atoms with Crippen molar-refractivity contribution in [3.05, 3.63) is 61.9 Å². The Morgan fingerprint density at radius 2 is 2.10 bits per heavy atom. The summed E-state index contributed by atoms with van der Waals surface area (Å²) in [5.41, 5.74) is 0.502. The molecule has 0 radical (unpaired) electrons. The fourth-order valence-electron chi connectivity index (χ4n) is 1.71. The molecule has 1 N–H and O–H groups in total. The lowest BCUT2D eigenvalue weighted by Crippen LogP contribution is -2.14. The summed E-state index contributed by atoms with van der Waals surface area (Å²) in [5, 5.41) is 13.8. The van der Waals surface area contributed by atoms with Gasteiger partial charge in [0.2, 0.25) is 0 Å². The molecule has 0 fully saturated rings. The summed E-state index contributed by atoms with van der Waals surface area (Å²) in [7, 11) is 0. The van der Waals surface area contributed by atoms with Crippen LogP contribution in [0, 0.1) is 17.0 Å². The molecule has 0 aliphatic carbocycles. The third kappa shape index (κ3) is 3.29. The second-order valence-electron chi connectivity index (χ2n) is 4.18. The van der Waals surface area contributed by atoms with Crippen molar-refractivity contribution in [2.24, 2.45) is 0 Å². The Hall–Kier alpha value is -2.18.